The smallest absolute Gasteiger partial charge is 0.331 e. The number of hydrogen-bond acceptors (Lipinski definition) is 4. The Hall–Kier alpha value is -2.82. The number of benzene rings is 1. The fourth-order valence-electron chi connectivity index (χ4n) is 1.96. The van der Waals surface area contributed by atoms with Crippen molar-refractivity contribution in [3.05, 3.63) is 59.6 Å². The molecule has 5 nitrogen and oxygen atoms in total. The van der Waals surface area contributed by atoms with Gasteiger partial charge in [-0.05, 0) is 55.3 Å². The summed E-state index contributed by atoms with van der Waals surface area (Å²) in [5, 5.41) is 2.69. The number of hydrogen-bond donors (Lipinski definition) is 1. The van der Waals surface area contributed by atoms with Gasteiger partial charge in [0.15, 0.2) is 6.61 Å². The highest BCUT2D eigenvalue weighted by Crippen LogP contribution is 2.13. The van der Waals surface area contributed by atoms with Crippen molar-refractivity contribution in [2.75, 3.05) is 11.9 Å². The molecule has 0 saturated heterocycles. The van der Waals surface area contributed by atoms with Gasteiger partial charge in [0.05, 0.1) is 6.26 Å². The van der Waals surface area contributed by atoms with Crippen LogP contribution in [-0.2, 0) is 14.3 Å². The van der Waals surface area contributed by atoms with Gasteiger partial charge in [0.2, 0.25) is 0 Å². The summed E-state index contributed by atoms with van der Waals surface area (Å²) in [5.74, 6) is -0.451. The molecule has 1 amide bonds. The zero-order valence-corrected chi connectivity index (χ0v) is 12.5. The first-order valence-corrected chi connectivity index (χ1v) is 6.79. The van der Waals surface area contributed by atoms with E-state index in [4.69, 9.17) is 9.15 Å². The van der Waals surface area contributed by atoms with Crippen LogP contribution < -0.4 is 5.32 Å². The van der Waals surface area contributed by atoms with Gasteiger partial charge in [-0.2, -0.15) is 0 Å². The summed E-state index contributed by atoms with van der Waals surface area (Å²) in [6.45, 7) is 3.55. The standard InChI is InChI=1S/C17H17NO4/c1-12-8-13(2)10-14(9-12)18-16(19)11-22-17(20)6-5-15-4-3-7-21-15/h3-10H,11H2,1-2H3,(H,18,19)/b6-5+. The zero-order chi connectivity index (χ0) is 15.9. The first-order chi connectivity index (χ1) is 10.5. The molecule has 0 aliphatic carbocycles. The predicted molar refractivity (Wildman–Crippen MR) is 83.2 cm³/mol. The molecule has 0 atom stereocenters. The van der Waals surface area contributed by atoms with Crippen molar-refractivity contribution >= 4 is 23.6 Å². The zero-order valence-electron chi connectivity index (χ0n) is 12.5. The van der Waals surface area contributed by atoms with E-state index in [0.29, 0.717) is 11.4 Å². The number of anilines is 1. The van der Waals surface area contributed by atoms with E-state index >= 15 is 0 Å². The summed E-state index contributed by atoms with van der Waals surface area (Å²) in [6, 6.07) is 9.13. The molecule has 0 radical (unpaired) electrons. The molecule has 1 aromatic heterocycles. The van der Waals surface area contributed by atoms with Crippen LogP contribution in [0, 0.1) is 13.8 Å². The van der Waals surface area contributed by atoms with E-state index in [9.17, 15) is 9.59 Å². The number of carbonyl (C=O) groups is 2. The van der Waals surface area contributed by atoms with Crippen molar-refractivity contribution in [1.82, 2.24) is 0 Å². The molecule has 1 aromatic carbocycles. The van der Waals surface area contributed by atoms with Crippen LogP contribution in [0.4, 0.5) is 5.69 Å². The average molecular weight is 299 g/mol. The molecule has 114 valence electrons. The van der Waals surface area contributed by atoms with Gasteiger partial charge in [-0.25, -0.2) is 4.79 Å². The molecule has 0 saturated carbocycles. The van der Waals surface area contributed by atoms with Crippen LogP contribution in [0.1, 0.15) is 16.9 Å². The van der Waals surface area contributed by atoms with Gasteiger partial charge in [0, 0.05) is 11.8 Å². The fourth-order valence-corrected chi connectivity index (χ4v) is 1.96. The topological polar surface area (TPSA) is 68.5 Å². The van der Waals surface area contributed by atoms with Crippen molar-refractivity contribution in [3.8, 4) is 0 Å². The fraction of sp³-hybridized carbons (Fsp3) is 0.176. The number of aryl methyl sites for hydroxylation is 2. The summed E-state index contributed by atoms with van der Waals surface area (Å²) in [4.78, 5) is 23.2. The molecule has 5 heteroatoms. The Balaban J connectivity index is 1.81. The Morgan fingerprint density at radius 1 is 1.23 bits per heavy atom. The third-order valence-corrected chi connectivity index (χ3v) is 2.78. The van der Waals surface area contributed by atoms with E-state index in [0.717, 1.165) is 11.1 Å². The molecular weight excluding hydrogens is 282 g/mol. The quantitative estimate of drug-likeness (QED) is 0.680. The van der Waals surface area contributed by atoms with E-state index in [2.05, 4.69) is 5.32 Å². The van der Waals surface area contributed by atoms with Gasteiger partial charge in [0.1, 0.15) is 5.76 Å². The number of amides is 1. The van der Waals surface area contributed by atoms with Gasteiger partial charge in [-0.15, -0.1) is 0 Å². The third-order valence-electron chi connectivity index (χ3n) is 2.78. The molecular formula is C17H17NO4. The van der Waals surface area contributed by atoms with Crippen molar-refractivity contribution < 1.29 is 18.7 Å². The molecule has 2 aromatic rings. The van der Waals surface area contributed by atoms with Crippen LogP contribution in [-0.4, -0.2) is 18.5 Å². The van der Waals surface area contributed by atoms with E-state index in [-0.39, 0.29) is 12.5 Å². The van der Waals surface area contributed by atoms with Gasteiger partial charge in [-0.1, -0.05) is 6.07 Å². The van der Waals surface area contributed by atoms with Crippen LogP contribution in [0.2, 0.25) is 0 Å². The summed E-state index contributed by atoms with van der Waals surface area (Å²) in [6.07, 6.45) is 4.19. The third kappa shape index (κ3) is 4.94. The number of carbonyl (C=O) groups excluding carboxylic acids is 2. The molecule has 0 aliphatic rings. The van der Waals surface area contributed by atoms with Crippen LogP contribution >= 0.6 is 0 Å². The highest BCUT2D eigenvalue weighted by atomic mass is 16.5. The highest BCUT2D eigenvalue weighted by molar-refractivity contribution is 5.94. The second kappa shape index (κ2) is 7.26. The number of furan rings is 1. The Kier molecular flexibility index (Phi) is 5.14. The molecule has 0 unspecified atom stereocenters. The van der Waals surface area contributed by atoms with Crippen LogP contribution in [0.5, 0.6) is 0 Å². The lowest BCUT2D eigenvalue weighted by Gasteiger charge is -2.07. The van der Waals surface area contributed by atoms with Crippen LogP contribution in [0.25, 0.3) is 6.08 Å². The number of ether oxygens (including phenoxy) is 1. The first-order valence-electron chi connectivity index (χ1n) is 6.79. The number of nitrogens with one attached hydrogen (secondary N) is 1. The SMILES string of the molecule is Cc1cc(C)cc(NC(=O)COC(=O)/C=C/c2ccco2)c1. The molecule has 0 bridgehead atoms. The van der Waals surface area contributed by atoms with Crippen molar-refractivity contribution in [2.24, 2.45) is 0 Å². The largest absolute Gasteiger partial charge is 0.465 e. The minimum absolute atomic E-state index is 0.339. The van der Waals surface area contributed by atoms with E-state index in [1.54, 1.807) is 12.1 Å². The van der Waals surface area contributed by atoms with Crippen molar-refractivity contribution in [1.29, 1.82) is 0 Å². The Labute approximate surface area is 128 Å². The van der Waals surface area contributed by atoms with Gasteiger partial charge in [0.25, 0.3) is 5.91 Å². The number of rotatable bonds is 5. The lowest BCUT2D eigenvalue weighted by Crippen LogP contribution is -2.20. The van der Waals surface area contributed by atoms with Crippen molar-refractivity contribution in [2.45, 2.75) is 13.8 Å². The highest BCUT2D eigenvalue weighted by Gasteiger charge is 2.06. The molecule has 22 heavy (non-hydrogen) atoms. The lowest BCUT2D eigenvalue weighted by molar-refractivity contribution is -0.142. The maximum Gasteiger partial charge on any atom is 0.331 e. The number of esters is 1. The molecule has 0 spiro atoms. The minimum atomic E-state index is -0.605. The predicted octanol–water partition coefficient (Wildman–Crippen LogP) is 3.09. The minimum Gasteiger partial charge on any atom is -0.465 e. The molecule has 2 rings (SSSR count). The summed E-state index contributed by atoms with van der Waals surface area (Å²) in [7, 11) is 0. The van der Waals surface area contributed by atoms with Crippen LogP contribution in [0.3, 0.4) is 0 Å². The summed E-state index contributed by atoms with van der Waals surface area (Å²) in [5.41, 5.74) is 2.78. The molecule has 0 aliphatic heterocycles. The van der Waals surface area contributed by atoms with E-state index < -0.39 is 5.97 Å². The Bertz CT molecular complexity index is 666. The summed E-state index contributed by atoms with van der Waals surface area (Å²) < 4.78 is 9.89. The average Bonchev–Trinajstić information content (AvgIpc) is 2.95. The second-order valence-electron chi connectivity index (χ2n) is 4.88. The molecule has 0 fully saturated rings. The monoisotopic (exact) mass is 299 g/mol. The van der Waals surface area contributed by atoms with Crippen molar-refractivity contribution in [3.63, 3.8) is 0 Å². The molecule has 1 heterocycles. The van der Waals surface area contributed by atoms with E-state index in [1.165, 1.54) is 18.4 Å². The maximum atomic E-state index is 11.7. The van der Waals surface area contributed by atoms with E-state index in [1.807, 2.05) is 32.0 Å². The first kappa shape index (κ1) is 15.6. The Morgan fingerprint density at radius 2 is 1.95 bits per heavy atom. The normalized spacial score (nSPS) is 10.6. The lowest BCUT2D eigenvalue weighted by atomic mass is 10.1. The van der Waals surface area contributed by atoms with Gasteiger partial charge >= 0.3 is 5.97 Å². The maximum absolute atomic E-state index is 11.7. The summed E-state index contributed by atoms with van der Waals surface area (Å²) >= 11 is 0. The van der Waals surface area contributed by atoms with Gasteiger partial charge in [-0.3, -0.25) is 4.79 Å². The second-order valence-corrected chi connectivity index (χ2v) is 4.88. The van der Waals surface area contributed by atoms with Crippen LogP contribution in [0.15, 0.2) is 47.1 Å². The Morgan fingerprint density at radius 3 is 2.59 bits per heavy atom. The molecule has 1 N–H and O–H groups in total. The van der Waals surface area contributed by atoms with Gasteiger partial charge < -0.3 is 14.5 Å².